The fourth-order valence-electron chi connectivity index (χ4n) is 1.88. The van der Waals surface area contributed by atoms with Gasteiger partial charge in [0.1, 0.15) is 0 Å². The molecule has 0 aliphatic carbocycles. The molecule has 2 heteroatoms. The number of hydrazine groups is 1. The molecule has 0 fully saturated rings. The van der Waals surface area contributed by atoms with Crippen LogP contribution in [0.2, 0.25) is 0 Å². The van der Waals surface area contributed by atoms with E-state index in [0.29, 0.717) is 5.92 Å². The number of nitrogens with one attached hydrogen (secondary N) is 1. The molecule has 0 aliphatic heterocycles. The second kappa shape index (κ2) is 6.46. The predicted molar refractivity (Wildman–Crippen MR) is 69.9 cm³/mol. The van der Waals surface area contributed by atoms with Crippen LogP contribution < -0.4 is 11.3 Å². The highest BCUT2D eigenvalue weighted by Crippen LogP contribution is 2.19. The van der Waals surface area contributed by atoms with Gasteiger partial charge in [0.05, 0.1) is 0 Å². The Bertz CT molecular complexity index is 331. The summed E-state index contributed by atoms with van der Waals surface area (Å²) in [6, 6.07) is 8.78. The SMILES string of the molecule is C=CCC(NN)c1cccc(CC(C)C)c1. The molecule has 88 valence electrons. The van der Waals surface area contributed by atoms with Gasteiger partial charge in [0.2, 0.25) is 0 Å². The first-order valence-corrected chi connectivity index (χ1v) is 5.83. The van der Waals surface area contributed by atoms with Gasteiger partial charge in [-0.25, -0.2) is 0 Å². The maximum atomic E-state index is 5.54. The molecule has 0 saturated carbocycles. The van der Waals surface area contributed by atoms with E-state index in [9.17, 15) is 0 Å². The molecule has 1 rings (SSSR count). The van der Waals surface area contributed by atoms with Crippen LogP contribution in [-0.2, 0) is 6.42 Å². The Labute approximate surface area is 98.5 Å². The smallest absolute Gasteiger partial charge is 0.0494 e. The van der Waals surface area contributed by atoms with Gasteiger partial charge >= 0.3 is 0 Å². The van der Waals surface area contributed by atoms with Gasteiger partial charge in [0.15, 0.2) is 0 Å². The van der Waals surface area contributed by atoms with E-state index in [0.717, 1.165) is 12.8 Å². The largest absolute Gasteiger partial charge is 0.271 e. The fourth-order valence-corrected chi connectivity index (χ4v) is 1.88. The first-order valence-electron chi connectivity index (χ1n) is 5.83. The summed E-state index contributed by atoms with van der Waals surface area (Å²) < 4.78 is 0. The van der Waals surface area contributed by atoms with Crippen molar-refractivity contribution in [2.75, 3.05) is 0 Å². The Morgan fingerprint density at radius 2 is 2.19 bits per heavy atom. The summed E-state index contributed by atoms with van der Waals surface area (Å²) in [7, 11) is 0. The molecule has 3 N–H and O–H groups in total. The molecular formula is C14H22N2. The van der Waals surface area contributed by atoms with Crippen LogP contribution in [0.4, 0.5) is 0 Å². The van der Waals surface area contributed by atoms with E-state index >= 15 is 0 Å². The van der Waals surface area contributed by atoms with Crippen LogP contribution in [0.3, 0.4) is 0 Å². The molecule has 2 nitrogen and oxygen atoms in total. The lowest BCUT2D eigenvalue weighted by molar-refractivity contribution is 0.560. The van der Waals surface area contributed by atoms with Gasteiger partial charge in [-0.2, -0.15) is 0 Å². The molecule has 0 aromatic heterocycles. The highest BCUT2D eigenvalue weighted by atomic mass is 15.2. The van der Waals surface area contributed by atoms with Crippen LogP contribution in [-0.4, -0.2) is 0 Å². The number of hydrogen-bond acceptors (Lipinski definition) is 2. The molecule has 0 spiro atoms. The van der Waals surface area contributed by atoms with Gasteiger partial charge in [-0.3, -0.25) is 11.3 Å². The zero-order valence-electron chi connectivity index (χ0n) is 10.2. The first-order chi connectivity index (χ1) is 7.67. The minimum atomic E-state index is 0.171. The van der Waals surface area contributed by atoms with Crippen LogP contribution >= 0.6 is 0 Å². The van der Waals surface area contributed by atoms with Crippen LogP contribution in [0.15, 0.2) is 36.9 Å². The van der Waals surface area contributed by atoms with Gasteiger partial charge in [0, 0.05) is 6.04 Å². The standard InChI is InChI=1S/C14H22N2/c1-4-6-14(16-15)13-8-5-7-12(10-13)9-11(2)3/h4-5,7-8,10-11,14,16H,1,6,9,15H2,2-3H3. The minimum Gasteiger partial charge on any atom is -0.271 e. The fraction of sp³-hybridized carbons (Fsp3) is 0.429. The molecule has 1 unspecified atom stereocenters. The third-order valence-corrected chi connectivity index (χ3v) is 2.60. The maximum Gasteiger partial charge on any atom is 0.0494 e. The van der Waals surface area contributed by atoms with E-state index in [1.165, 1.54) is 11.1 Å². The van der Waals surface area contributed by atoms with E-state index in [2.05, 4.69) is 50.1 Å². The molecule has 0 amide bonds. The molecule has 0 radical (unpaired) electrons. The molecule has 0 aliphatic rings. The first kappa shape index (κ1) is 12.9. The Balaban J connectivity index is 2.83. The van der Waals surface area contributed by atoms with Crippen molar-refractivity contribution in [3.8, 4) is 0 Å². The quantitative estimate of drug-likeness (QED) is 0.437. The van der Waals surface area contributed by atoms with Crippen molar-refractivity contribution < 1.29 is 0 Å². The Morgan fingerprint density at radius 3 is 2.75 bits per heavy atom. The predicted octanol–water partition coefficient (Wildman–Crippen LogP) is 2.97. The van der Waals surface area contributed by atoms with Gasteiger partial charge < -0.3 is 0 Å². The zero-order valence-corrected chi connectivity index (χ0v) is 10.2. The highest BCUT2D eigenvalue weighted by Gasteiger charge is 2.08. The average Bonchev–Trinajstić information content (AvgIpc) is 2.25. The van der Waals surface area contributed by atoms with Crippen LogP contribution in [0.5, 0.6) is 0 Å². The van der Waals surface area contributed by atoms with E-state index < -0.39 is 0 Å². The summed E-state index contributed by atoms with van der Waals surface area (Å²) in [5.74, 6) is 6.22. The van der Waals surface area contributed by atoms with Gasteiger partial charge in [-0.15, -0.1) is 6.58 Å². The van der Waals surface area contributed by atoms with Crippen molar-refractivity contribution in [1.29, 1.82) is 0 Å². The van der Waals surface area contributed by atoms with Crippen molar-refractivity contribution in [2.45, 2.75) is 32.7 Å². The molecule has 1 aromatic rings. The second-order valence-electron chi connectivity index (χ2n) is 4.59. The molecular weight excluding hydrogens is 196 g/mol. The van der Waals surface area contributed by atoms with Gasteiger partial charge in [0.25, 0.3) is 0 Å². The topological polar surface area (TPSA) is 38.0 Å². The van der Waals surface area contributed by atoms with E-state index in [1.807, 2.05) is 6.08 Å². The summed E-state index contributed by atoms with van der Waals surface area (Å²) in [6.07, 6.45) is 3.85. The molecule has 1 atom stereocenters. The summed E-state index contributed by atoms with van der Waals surface area (Å²) in [4.78, 5) is 0. The normalized spacial score (nSPS) is 12.8. The van der Waals surface area contributed by atoms with Gasteiger partial charge in [-0.05, 0) is 29.9 Å². The van der Waals surface area contributed by atoms with Crippen LogP contribution in [0.1, 0.15) is 37.4 Å². The molecule has 0 saturated heterocycles. The van der Waals surface area contributed by atoms with Crippen molar-refractivity contribution >= 4 is 0 Å². The minimum absolute atomic E-state index is 0.171. The summed E-state index contributed by atoms with van der Waals surface area (Å²) in [5, 5.41) is 0. The lowest BCUT2D eigenvalue weighted by Crippen LogP contribution is -2.27. The monoisotopic (exact) mass is 218 g/mol. The summed E-state index contributed by atoms with van der Waals surface area (Å²) in [5.41, 5.74) is 5.44. The third kappa shape index (κ3) is 3.80. The van der Waals surface area contributed by atoms with Crippen LogP contribution in [0.25, 0.3) is 0 Å². The summed E-state index contributed by atoms with van der Waals surface area (Å²) >= 11 is 0. The van der Waals surface area contributed by atoms with Crippen molar-refractivity contribution in [1.82, 2.24) is 5.43 Å². The lowest BCUT2D eigenvalue weighted by atomic mass is 9.97. The number of nitrogens with two attached hydrogens (primary N) is 1. The maximum absolute atomic E-state index is 5.54. The molecule has 16 heavy (non-hydrogen) atoms. The average molecular weight is 218 g/mol. The Morgan fingerprint density at radius 1 is 1.44 bits per heavy atom. The van der Waals surface area contributed by atoms with Crippen molar-refractivity contribution in [3.63, 3.8) is 0 Å². The van der Waals surface area contributed by atoms with Crippen LogP contribution in [0, 0.1) is 5.92 Å². The Hall–Kier alpha value is -1.12. The molecule has 0 bridgehead atoms. The summed E-state index contributed by atoms with van der Waals surface area (Å²) in [6.45, 7) is 8.21. The molecule has 1 aromatic carbocycles. The van der Waals surface area contributed by atoms with Crippen molar-refractivity contribution in [3.05, 3.63) is 48.0 Å². The number of benzene rings is 1. The van der Waals surface area contributed by atoms with E-state index in [1.54, 1.807) is 0 Å². The van der Waals surface area contributed by atoms with E-state index in [4.69, 9.17) is 5.84 Å². The van der Waals surface area contributed by atoms with E-state index in [-0.39, 0.29) is 6.04 Å². The third-order valence-electron chi connectivity index (χ3n) is 2.60. The lowest BCUT2D eigenvalue weighted by Gasteiger charge is -2.15. The van der Waals surface area contributed by atoms with Gasteiger partial charge in [-0.1, -0.05) is 44.2 Å². The van der Waals surface area contributed by atoms with Crippen molar-refractivity contribution in [2.24, 2.45) is 11.8 Å². The molecule has 0 heterocycles. The zero-order chi connectivity index (χ0) is 12.0. The Kier molecular flexibility index (Phi) is 5.23. The highest BCUT2D eigenvalue weighted by molar-refractivity contribution is 5.26. The second-order valence-corrected chi connectivity index (χ2v) is 4.59. The number of hydrogen-bond donors (Lipinski definition) is 2. The number of rotatable bonds is 6.